The standard InChI is InChI=1S/C13H18N4O2S2/c1-3-10(13-16-6-7-20-13)17-11-5-4-9(14)8-12(11)21(18,19)15-2/h4-8,10,15,17H,3,14H2,1-2H3. The molecule has 0 spiro atoms. The Labute approximate surface area is 128 Å². The van der Waals surface area contributed by atoms with Gasteiger partial charge in [-0.1, -0.05) is 6.92 Å². The summed E-state index contributed by atoms with van der Waals surface area (Å²) in [6.07, 6.45) is 2.52. The van der Waals surface area contributed by atoms with E-state index >= 15 is 0 Å². The summed E-state index contributed by atoms with van der Waals surface area (Å²) in [7, 11) is -2.21. The molecule has 4 N–H and O–H groups in total. The van der Waals surface area contributed by atoms with Gasteiger partial charge in [0.05, 0.1) is 11.7 Å². The minimum Gasteiger partial charge on any atom is -0.399 e. The van der Waals surface area contributed by atoms with Crippen LogP contribution in [0.1, 0.15) is 24.4 Å². The van der Waals surface area contributed by atoms with E-state index in [1.165, 1.54) is 24.5 Å². The summed E-state index contributed by atoms with van der Waals surface area (Å²) in [6, 6.07) is 4.75. The third kappa shape index (κ3) is 3.52. The molecule has 0 saturated heterocycles. The van der Waals surface area contributed by atoms with Crippen molar-refractivity contribution in [2.45, 2.75) is 24.3 Å². The van der Waals surface area contributed by atoms with Crippen LogP contribution in [-0.4, -0.2) is 20.4 Å². The topological polar surface area (TPSA) is 97.1 Å². The van der Waals surface area contributed by atoms with Gasteiger partial charge >= 0.3 is 0 Å². The fraction of sp³-hybridized carbons (Fsp3) is 0.308. The first-order valence-electron chi connectivity index (χ1n) is 6.47. The molecule has 1 heterocycles. The maximum absolute atomic E-state index is 12.1. The zero-order valence-electron chi connectivity index (χ0n) is 11.8. The van der Waals surface area contributed by atoms with Crippen LogP contribution in [0.3, 0.4) is 0 Å². The fourth-order valence-electron chi connectivity index (χ4n) is 1.92. The quantitative estimate of drug-likeness (QED) is 0.707. The van der Waals surface area contributed by atoms with Crippen molar-refractivity contribution >= 4 is 32.7 Å². The molecule has 0 saturated carbocycles. The molecule has 8 heteroatoms. The monoisotopic (exact) mass is 326 g/mol. The molecule has 6 nitrogen and oxygen atoms in total. The van der Waals surface area contributed by atoms with Crippen molar-refractivity contribution in [3.05, 3.63) is 34.8 Å². The van der Waals surface area contributed by atoms with Gasteiger partial charge in [0.15, 0.2) is 0 Å². The van der Waals surface area contributed by atoms with Gasteiger partial charge in [0.2, 0.25) is 10.0 Å². The van der Waals surface area contributed by atoms with Crippen molar-refractivity contribution in [3.8, 4) is 0 Å². The van der Waals surface area contributed by atoms with E-state index in [4.69, 9.17) is 5.73 Å². The highest BCUT2D eigenvalue weighted by Gasteiger charge is 2.20. The first kappa shape index (κ1) is 15.7. The van der Waals surface area contributed by atoms with Crippen LogP contribution in [0.15, 0.2) is 34.7 Å². The number of nitrogen functional groups attached to an aromatic ring is 1. The van der Waals surface area contributed by atoms with Crippen molar-refractivity contribution in [2.24, 2.45) is 0 Å². The largest absolute Gasteiger partial charge is 0.399 e. The average molecular weight is 326 g/mol. The van der Waals surface area contributed by atoms with Crippen molar-refractivity contribution in [3.63, 3.8) is 0 Å². The highest BCUT2D eigenvalue weighted by Crippen LogP contribution is 2.29. The van der Waals surface area contributed by atoms with Crippen molar-refractivity contribution in [2.75, 3.05) is 18.1 Å². The van der Waals surface area contributed by atoms with Crippen molar-refractivity contribution in [1.82, 2.24) is 9.71 Å². The number of hydrogen-bond donors (Lipinski definition) is 3. The molecule has 2 rings (SSSR count). The molecule has 0 radical (unpaired) electrons. The molecule has 0 aliphatic carbocycles. The second-order valence-electron chi connectivity index (χ2n) is 4.44. The predicted octanol–water partition coefficient (Wildman–Crippen LogP) is 2.20. The third-order valence-corrected chi connectivity index (χ3v) is 5.39. The number of aromatic nitrogens is 1. The molecule has 21 heavy (non-hydrogen) atoms. The van der Waals surface area contributed by atoms with Gasteiger partial charge in [-0.15, -0.1) is 11.3 Å². The molecule has 0 fully saturated rings. The average Bonchev–Trinajstić information content (AvgIpc) is 3.00. The van der Waals surface area contributed by atoms with Gasteiger partial charge in [-0.05, 0) is 31.7 Å². The molecule has 0 aliphatic heterocycles. The lowest BCUT2D eigenvalue weighted by molar-refractivity contribution is 0.588. The molecule has 1 aromatic heterocycles. The first-order valence-corrected chi connectivity index (χ1v) is 8.83. The molecular formula is C13H18N4O2S2. The number of sulfonamides is 1. The Bertz CT molecular complexity index is 699. The summed E-state index contributed by atoms with van der Waals surface area (Å²) in [4.78, 5) is 4.42. The summed E-state index contributed by atoms with van der Waals surface area (Å²) in [6.45, 7) is 2.02. The van der Waals surface area contributed by atoms with Crippen LogP contribution in [-0.2, 0) is 10.0 Å². The lowest BCUT2D eigenvalue weighted by Gasteiger charge is -2.19. The lowest BCUT2D eigenvalue weighted by atomic mass is 10.2. The molecule has 0 bridgehead atoms. The number of nitrogens with zero attached hydrogens (tertiary/aromatic N) is 1. The van der Waals surface area contributed by atoms with Gasteiger partial charge < -0.3 is 11.1 Å². The number of nitrogens with one attached hydrogen (secondary N) is 2. The van der Waals surface area contributed by atoms with Gasteiger partial charge in [-0.2, -0.15) is 0 Å². The molecule has 1 atom stereocenters. The minimum absolute atomic E-state index is 0.0422. The summed E-state index contributed by atoms with van der Waals surface area (Å²) in [5.74, 6) is 0. The van der Waals surface area contributed by atoms with E-state index in [1.807, 2.05) is 12.3 Å². The van der Waals surface area contributed by atoms with E-state index in [1.54, 1.807) is 18.3 Å². The maximum Gasteiger partial charge on any atom is 0.242 e. The Hall–Kier alpha value is -1.64. The van der Waals surface area contributed by atoms with E-state index in [2.05, 4.69) is 15.0 Å². The van der Waals surface area contributed by atoms with Crippen LogP contribution >= 0.6 is 11.3 Å². The molecule has 1 unspecified atom stereocenters. The van der Waals surface area contributed by atoms with Crippen LogP contribution < -0.4 is 15.8 Å². The number of thiazole rings is 1. The van der Waals surface area contributed by atoms with Crippen LogP contribution in [0.25, 0.3) is 0 Å². The van der Waals surface area contributed by atoms with Gasteiger partial charge in [-0.3, -0.25) is 0 Å². The molecule has 0 aliphatic rings. The highest BCUT2D eigenvalue weighted by molar-refractivity contribution is 7.89. The smallest absolute Gasteiger partial charge is 0.242 e. The fourth-order valence-corrected chi connectivity index (χ4v) is 3.62. The lowest BCUT2D eigenvalue weighted by Crippen LogP contribution is -2.21. The highest BCUT2D eigenvalue weighted by atomic mass is 32.2. The maximum atomic E-state index is 12.1. The van der Waals surface area contributed by atoms with E-state index in [-0.39, 0.29) is 10.9 Å². The molecular weight excluding hydrogens is 308 g/mol. The number of hydrogen-bond acceptors (Lipinski definition) is 6. The molecule has 114 valence electrons. The van der Waals surface area contributed by atoms with Crippen molar-refractivity contribution in [1.29, 1.82) is 0 Å². The Balaban J connectivity index is 2.40. The van der Waals surface area contributed by atoms with E-state index < -0.39 is 10.0 Å². The summed E-state index contributed by atoms with van der Waals surface area (Å²) in [5, 5.41) is 6.06. The van der Waals surface area contributed by atoms with Crippen LogP contribution in [0.5, 0.6) is 0 Å². The number of rotatable bonds is 6. The van der Waals surface area contributed by atoms with E-state index in [0.29, 0.717) is 11.4 Å². The van der Waals surface area contributed by atoms with E-state index in [9.17, 15) is 8.42 Å². The zero-order chi connectivity index (χ0) is 15.5. The second kappa shape index (κ2) is 6.42. The van der Waals surface area contributed by atoms with Crippen molar-refractivity contribution < 1.29 is 8.42 Å². The normalized spacial score (nSPS) is 13.0. The Morgan fingerprint density at radius 1 is 1.43 bits per heavy atom. The summed E-state index contributed by atoms with van der Waals surface area (Å²) in [5.41, 5.74) is 6.62. The minimum atomic E-state index is -3.58. The molecule has 1 aromatic carbocycles. The van der Waals surface area contributed by atoms with Crippen LogP contribution in [0.2, 0.25) is 0 Å². The van der Waals surface area contributed by atoms with E-state index in [0.717, 1.165) is 11.4 Å². The van der Waals surface area contributed by atoms with Crippen LogP contribution in [0.4, 0.5) is 11.4 Å². The number of anilines is 2. The van der Waals surface area contributed by atoms with Gasteiger partial charge in [0.1, 0.15) is 9.90 Å². The van der Waals surface area contributed by atoms with Gasteiger partial charge in [0.25, 0.3) is 0 Å². The molecule has 2 aromatic rings. The number of benzene rings is 1. The first-order chi connectivity index (χ1) is 9.97. The van der Waals surface area contributed by atoms with Gasteiger partial charge in [0, 0.05) is 17.3 Å². The Morgan fingerprint density at radius 3 is 2.76 bits per heavy atom. The Morgan fingerprint density at radius 2 is 2.19 bits per heavy atom. The number of nitrogens with two attached hydrogens (primary N) is 1. The van der Waals surface area contributed by atoms with Crippen LogP contribution in [0, 0.1) is 0 Å². The summed E-state index contributed by atoms with van der Waals surface area (Å²) < 4.78 is 26.5. The third-order valence-electron chi connectivity index (χ3n) is 3.05. The molecule has 0 amide bonds. The summed E-state index contributed by atoms with van der Waals surface area (Å²) >= 11 is 1.53. The Kier molecular flexibility index (Phi) is 4.81. The SMILES string of the molecule is CCC(Nc1ccc(N)cc1S(=O)(=O)NC)c1nccs1. The van der Waals surface area contributed by atoms with Gasteiger partial charge in [-0.25, -0.2) is 18.1 Å². The second-order valence-corrected chi connectivity index (χ2v) is 7.22. The zero-order valence-corrected chi connectivity index (χ0v) is 13.5. The predicted molar refractivity (Wildman–Crippen MR) is 85.9 cm³/mol.